The number of hydrogen-bond acceptors (Lipinski definition) is 0. The van der Waals surface area contributed by atoms with E-state index < -0.39 is 0 Å². The number of rotatable bonds is 0. The standard InChI is InChI=1S/C3H5.Al.BrH.2H/c1-3-2;;;;/h1,3H,2H3;;1H;;. The maximum atomic E-state index is 2.14. The minimum Gasteiger partial charge on any atom is -0.158 e. The Hall–Kier alpha value is 0.752. The molecule has 0 aromatic heterocycles. The van der Waals surface area contributed by atoms with Crippen LogP contribution < -0.4 is 0 Å². The van der Waals surface area contributed by atoms with E-state index in [1.54, 1.807) is 0 Å². The molecule has 0 rings (SSSR count). The Labute approximate surface area is 51.5 Å². The van der Waals surface area contributed by atoms with Crippen LogP contribution in [0.5, 0.6) is 0 Å². The molecule has 0 N–H and O–H groups in total. The zero-order valence-electron chi connectivity index (χ0n) is 3.56. The van der Waals surface area contributed by atoms with Crippen LogP contribution >= 0.6 is 17.0 Å². The molecule has 30 valence electrons. The van der Waals surface area contributed by atoms with Crippen LogP contribution in [0.4, 0.5) is 0 Å². The summed E-state index contributed by atoms with van der Waals surface area (Å²) in [6.45, 7) is 2.03. The summed E-state index contributed by atoms with van der Waals surface area (Å²) < 4.78 is 0. The molecule has 5 heavy (non-hydrogen) atoms. The Balaban J connectivity index is 0. The summed E-state index contributed by atoms with van der Waals surface area (Å²) in [5, 5.41) is 0. The summed E-state index contributed by atoms with van der Waals surface area (Å²) in [5.74, 6) is 0. The molecule has 0 aliphatic carbocycles. The molecule has 2 heteroatoms. The Morgan fingerprint density at radius 1 is 1.60 bits per heavy atom. The van der Waals surface area contributed by atoms with Crippen molar-refractivity contribution >= 4 is 33.3 Å². The van der Waals surface area contributed by atoms with Crippen LogP contribution in [-0.4, -0.2) is 16.3 Å². The lowest BCUT2D eigenvalue weighted by atomic mass is 10.8. The van der Waals surface area contributed by atoms with Gasteiger partial charge in [0.05, 0.1) is 0 Å². The smallest absolute Gasteiger partial charge is 0.158 e. The van der Waals surface area contributed by atoms with Gasteiger partial charge in [0.1, 0.15) is 0 Å². The second-order valence-corrected chi connectivity index (χ2v) is 1.33. The third-order valence-electron chi connectivity index (χ3n) is 0.333. The summed E-state index contributed by atoms with van der Waals surface area (Å²) >= 11 is 1.21. The van der Waals surface area contributed by atoms with Gasteiger partial charge in [0, 0.05) is 0 Å². The van der Waals surface area contributed by atoms with Gasteiger partial charge in [-0.3, -0.25) is 0 Å². The summed E-state index contributed by atoms with van der Waals surface area (Å²) in [6, 6.07) is 0. The molecule has 0 heterocycles. The largest absolute Gasteiger partial charge is 0.246 e. The van der Waals surface area contributed by atoms with Crippen LogP contribution in [0, 0.1) is 0 Å². The topological polar surface area (TPSA) is 0 Å². The van der Waals surface area contributed by atoms with Gasteiger partial charge >= 0.3 is 0 Å². The lowest BCUT2D eigenvalue weighted by molar-refractivity contribution is 1.78. The molecule has 0 radical (unpaired) electrons. The molecule has 0 aliphatic rings. The van der Waals surface area contributed by atoms with Gasteiger partial charge in [0.15, 0.2) is 0 Å². The van der Waals surface area contributed by atoms with E-state index >= 15 is 0 Å². The lowest BCUT2D eigenvalue weighted by Crippen LogP contribution is -1.39. The Morgan fingerprint density at radius 3 is 1.80 bits per heavy atom. The SMILES string of the molecule is Br.CC=[CH][AlH2]. The lowest BCUT2D eigenvalue weighted by Gasteiger charge is -1.48. The van der Waals surface area contributed by atoms with Crippen LogP contribution in [0.1, 0.15) is 6.92 Å². The van der Waals surface area contributed by atoms with E-state index in [9.17, 15) is 0 Å². The highest BCUT2D eigenvalue weighted by Crippen LogP contribution is 1.50. The van der Waals surface area contributed by atoms with Gasteiger partial charge in [-0.25, -0.2) is 0 Å². The van der Waals surface area contributed by atoms with E-state index in [1.807, 2.05) is 6.92 Å². The molecule has 0 aromatic carbocycles. The average molecular weight is 151 g/mol. The molecule has 0 saturated carbocycles. The molecule has 0 bridgehead atoms. The van der Waals surface area contributed by atoms with Crippen molar-refractivity contribution in [1.82, 2.24) is 0 Å². The molecular formula is C3H8AlBr. The third kappa shape index (κ3) is 11.7. The van der Waals surface area contributed by atoms with Crippen LogP contribution in [-0.2, 0) is 0 Å². The molecule has 0 unspecified atom stereocenters. The summed E-state index contributed by atoms with van der Waals surface area (Å²) in [4.78, 5) is 2.14. The highest BCUT2D eigenvalue weighted by atomic mass is 79.9. The Bertz CT molecular complexity index is 22.1. The first kappa shape index (κ1) is 9.23. The molecule has 0 saturated heterocycles. The maximum Gasteiger partial charge on any atom is 0.246 e. The van der Waals surface area contributed by atoms with Gasteiger partial charge in [-0.05, 0) is 6.92 Å². The summed E-state index contributed by atoms with van der Waals surface area (Å²) in [7, 11) is 0. The van der Waals surface area contributed by atoms with E-state index in [4.69, 9.17) is 0 Å². The minimum atomic E-state index is 0. The van der Waals surface area contributed by atoms with Crippen molar-refractivity contribution in [1.29, 1.82) is 0 Å². The minimum absolute atomic E-state index is 0. The molecular weight excluding hydrogens is 143 g/mol. The second kappa shape index (κ2) is 8.83. The van der Waals surface area contributed by atoms with Gasteiger partial charge in [-0.15, -0.1) is 23.1 Å². The second-order valence-electron chi connectivity index (χ2n) is 0.667. The fourth-order valence-electron chi connectivity index (χ4n) is 0. The molecule has 0 spiro atoms. The predicted octanol–water partition coefficient (Wildman–Crippen LogP) is 0.731. The number of halogens is 1. The number of hydrogen-bond donors (Lipinski definition) is 0. The molecule has 0 fully saturated rings. The van der Waals surface area contributed by atoms with E-state index in [2.05, 4.69) is 11.0 Å². The van der Waals surface area contributed by atoms with Gasteiger partial charge in [0.2, 0.25) is 16.3 Å². The molecule has 0 atom stereocenters. The molecule has 0 nitrogen and oxygen atoms in total. The maximum absolute atomic E-state index is 2.14. The van der Waals surface area contributed by atoms with Crippen molar-refractivity contribution in [2.45, 2.75) is 6.92 Å². The van der Waals surface area contributed by atoms with Crippen LogP contribution in [0.2, 0.25) is 0 Å². The fraction of sp³-hybridized carbons (Fsp3) is 0.333. The Morgan fingerprint density at radius 2 is 1.80 bits per heavy atom. The predicted molar refractivity (Wildman–Crippen MR) is 33.7 cm³/mol. The molecule has 0 aliphatic heterocycles. The zero-order valence-corrected chi connectivity index (χ0v) is 7.28. The van der Waals surface area contributed by atoms with Crippen molar-refractivity contribution in [2.24, 2.45) is 0 Å². The van der Waals surface area contributed by atoms with Crippen LogP contribution in [0.15, 0.2) is 11.0 Å². The quantitative estimate of drug-likeness (QED) is 0.447. The number of allylic oxidation sites excluding steroid dienone is 1. The first-order valence-corrected chi connectivity index (χ1v) is 2.64. The molecule has 0 amide bonds. The first-order chi connectivity index (χ1) is 1.91. The van der Waals surface area contributed by atoms with Crippen LogP contribution in [0.25, 0.3) is 0 Å². The highest BCUT2D eigenvalue weighted by Gasteiger charge is 1.37. The van der Waals surface area contributed by atoms with E-state index in [0.717, 1.165) is 0 Å². The summed E-state index contributed by atoms with van der Waals surface area (Å²) in [6.07, 6.45) is 2.06. The van der Waals surface area contributed by atoms with Gasteiger partial charge in [0.25, 0.3) is 0 Å². The van der Waals surface area contributed by atoms with E-state index in [1.165, 1.54) is 16.3 Å². The van der Waals surface area contributed by atoms with Crippen molar-refractivity contribution < 1.29 is 0 Å². The first-order valence-electron chi connectivity index (χ1n) is 1.49. The Kier molecular flexibility index (Phi) is 16.3. The molecule has 0 aromatic rings. The van der Waals surface area contributed by atoms with E-state index in [-0.39, 0.29) is 17.0 Å². The van der Waals surface area contributed by atoms with Crippen LogP contribution in [0.3, 0.4) is 0 Å². The normalized spacial score (nSPS) is 7.40. The third-order valence-corrected chi connectivity index (χ3v) is 1.00. The van der Waals surface area contributed by atoms with Crippen molar-refractivity contribution in [2.75, 3.05) is 0 Å². The van der Waals surface area contributed by atoms with E-state index in [0.29, 0.717) is 0 Å². The zero-order chi connectivity index (χ0) is 3.41. The average Bonchev–Trinajstić information content (AvgIpc) is 1.37. The summed E-state index contributed by atoms with van der Waals surface area (Å²) in [5.41, 5.74) is 0. The van der Waals surface area contributed by atoms with Gasteiger partial charge < -0.3 is 0 Å². The van der Waals surface area contributed by atoms with Gasteiger partial charge in [-0.1, -0.05) is 0 Å². The van der Waals surface area contributed by atoms with Crippen molar-refractivity contribution in [3.8, 4) is 0 Å². The van der Waals surface area contributed by atoms with Crippen molar-refractivity contribution in [3.05, 3.63) is 11.0 Å². The monoisotopic (exact) mass is 150 g/mol. The van der Waals surface area contributed by atoms with Crippen molar-refractivity contribution in [3.63, 3.8) is 0 Å². The fourth-order valence-corrected chi connectivity index (χ4v) is 0. The highest BCUT2D eigenvalue weighted by molar-refractivity contribution is 8.93. The van der Waals surface area contributed by atoms with Gasteiger partial charge in [-0.2, -0.15) is 4.94 Å².